The second kappa shape index (κ2) is 7.36. The molecule has 0 radical (unpaired) electrons. The second-order valence-electron chi connectivity index (χ2n) is 6.60. The van der Waals surface area contributed by atoms with Gasteiger partial charge in [0.15, 0.2) is 0 Å². The zero-order valence-electron chi connectivity index (χ0n) is 14.8. The summed E-state index contributed by atoms with van der Waals surface area (Å²) in [6.07, 6.45) is 1.59. The van der Waals surface area contributed by atoms with E-state index in [0.29, 0.717) is 29.9 Å². The molecule has 0 saturated carbocycles. The third kappa shape index (κ3) is 3.42. The van der Waals surface area contributed by atoms with Crippen molar-refractivity contribution in [2.45, 2.75) is 19.9 Å². The van der Waals surface area contributed by atoms with Crippen molar-refractivity contribution >= 4 is 11.8 Å². The van der Waals surface area contributed by atoms with Crippen LogP contribution >= 0.6 is 0 Å². The van der Waals surface area contributed by atoms with Crippen LogP contribution in [0.1, 0.15) is 29.8 Å². The number of carbonyl (C=O) groups is 2. The quantitative estimate of drug-likeness (QED) is 0.921. The van der Waals surface area contributed by atoms with Gasteiger partial charge in [-0.15, -0.1) is 0 Å². The third-order valence-electron chi connectivity index (χ3n) is 4.47. The van der Waals surface area contributed by atoms with Gasteiger partial charge in [0.1, 0.15) is 6.04 Å². The maximum absolute atomic E-state index is 12.9. The highest BCUT2D eigenvalue weighted by Gasteiger charge is 2.35. The van der Waals surface area contributed by atoms with Gasteiger partial charge in [0.25, 0.3) is 5.91 Å². The van der Waals surface area contributed by atoms with Crippen LogP contribution in [-0.2, 0) is 4.79 Å². The summed E-state index contributed by atoms with van der Waals surface area (Å²) in [5.74, 6) is -0.214. The predicted molar refractivity (Wildman–Crippen MR) is 97.1 cm³/mol. The van der Waals surface area contributed by atoms with E-state index in [1.807, 2.05) is 26.0 Å². The predicted octanol–water partition coefficient (Wildman–Crippen LogP) is 2.22. The normalized spacial score (nSPS) is 16.9. The first-order chi connectivity index (χ1) is 12.5. The Balaban J connectivity index is 1.84. The molecule has 132 valence electrons. The molecule has 1 aliphatic heterocycles. The smallest absolute Gasteiger partial charge is 0.254 e. The Hall–Kier alpha value is -3.20. The summed E-state index contributed by atoms with van der Waals surface area (Å²) in [7, 11) is 0. The topological polar surface area (TPSA) is 86.1 Å². The Bertz CT molecular complexity index is 868. The van der Waals surface area contributed by atoms with Gasteiger partial charge in [-0.2, -0.15) is 5.26 Å². The van der Waals surface area contributed by atoms with E-state index in [1.165, 1.54) is 0 Å². The summed E-state index contributed by atoms with van der Waals surface area (Å²) in [5.41, 5.74) is 2.58. The number of benzene rings is 1. The standard InChI is InChI=1S/C20H20N4O2/c1-13(2)18-19(25)23-9-10-24(18)20(26)16-5-3-15(4-6-16)17-11-14(12-21)7-8-22-17/h3-8,11,13,18H,9-10H2,1-2H3,(H,23,25)/t18-/m1/s1. The van der Waals surface area contributed by atoms with Crippen molar-refractivity contribution in [3.8, 4) is 17.3 Å². The lowest BCUT2D eigenvalue weighted by Crippen LogP contribution is -2.59. The number of carbonyl (C=O) groups excluding carboxylic acids is 2. The van der Waals surface area contributed by atoms with Gasteiger partial charge in [-0.3, -0.25) is 14.6 Å². The van der Waals surface area contributed by atoms with Crippen molar-refractivity contribution < 1.29 is 9.59 Å². The zero-order valence-corrected chi connectivity index (χ0v) is 14.8. The van der Waals surface area contributed by atoms with E-state index < -0.39 is 6.04 Å². The number of amides is 2. The van der Waals surface area contributed by atoms with Crippen LogP contribution in [0.5, 0.6) is 0 Å². The number of nitriles is 1. The fourth-order valence-electron chi connectivity index (χ4n) is 3.18. The van der Waals surface area contributed by atoms with Crippen LogP contribution in [0, 0.1) is 17.2 Å². The van der Waals surface area contributed by atoms with Crippen molar-refractivity contribution in [2.75, 3.05) is 13.1 Å². The molecule has 0 unspecified atom stereocenters. The van der Waals surface area contributed by atoms with E-state index in [2.05, 4.69) is 16.4 Å². The lowest BCUT2D eigenvalue weighted by molar-refractivity contribution is -0.129. The third-order valence-corrected chi connectivity index (χ3v) is 4.47. The number of hydrogen-bond acceptors (Lipinski definition) is 4. The van der Waals surface area contributed by atoms with Gasteiger partial charge < -0.3 is 10.2 Å². The van der Waals surface area contributed by atoms with E-state index in [0.717, 1.165) is 5.56 Å². The van der Waals surface area contributed by atoms with Crippen LogP contribution in [0.3, 0.4) is 0 Å². The van der Waals surface area contributed by atoms with Gasteiger partial charge in [-0.25, -0.2) is 0 Å². The number of hydrogen-bond donors (Lipinski definition) is 1. The first-order valence-electron chi connectivity index (χ1n) is 8.56. The van der Waals surface area contributed by atoms with Gasteiger partial charge in [0.2, 0.25) is 5.91 Å². The summed E-state index contributed by atoms with van der Waals surface area (Å²) in [6.45, 7) is 4.84. The minimum Gasteiger partial charge on any atom is -0.353 e. The van der Waals surface area contributed by atoms with E-state index in [-0.39, 0.29) is 17.7 Å². The Morgan fingerprint density at radius 2 is 2.04 bits per heavy atom. The van der Waals surface area contributed by atoms with Crippen LogP contribution in [0.25, 0.3) is 11.3 Å². The van der Waals surface area contributed by atoms with Gasteiger partial charge in [0.05, 0.1) is 17.3 Å². The highest BCUT2D eigenvalue weighted by Crippen LogP contribution is 2.21. The minimum atomic E-state index is -0.454. The average Bonchev–Trinajstić information content (AvgIpc) is 2.67. The van der Waals surface area contributed by atoms with E-state index in [4.69, 9.17) is 5.26 Å². The number of piperazine rings is 1. The Morgan fingerprint density at radius 1 is 1.31 bits per heavy atom. The highest BCUT2D eigenvalue weighted by molar-refractivity contribution is 5.98. The van der Waals surface area contributed by atoms with Crippen molar-refractivity contribution in [3.63, 3.8) is 0 Å². The molecule has 0 bridgehead atoms. The van der Waals surface area contributed by atoms with Gasteiger partial charge >= 0.3 is 0 Å². The monoisotopic (exact) mass is 348 g/mol. The summed E-state index contributed by atoms with van der Waals surface area (Å²) < 4.78 is 0. The van der Waals surface area contributed by atoms with Crippen LogP contribution in [-0.4, -0.2) is 40.8 Å². The molecular formula is C20H20N4O2. The Labute approximate surface area is 152 Å². The molecule has 1 saturated heterocycles. The summed E-state index contributed by atoms with van der Waals surface area (Å²) >= 11 is 0. The van der Waals surface area contributed by atoms with Gasteiger partial charge in [-0.1, -0.05) is 26.0 Å². The average molecular weight is 348 g/mol. The molecule has 6 heteroatoms. The van der Waals surface area contributed by atoms with Crippen LogP contribution < -0.4 is 5.32 Å². The molecule has 1 N–H and O–H groups in total. The van der Waals surface area contributed by atoms with E-state index in [9.17, 15) is 9.59 Å². The molecule has 0 spiro atoms. The molecule has 1 aromatic carbocycles. The first-order valence-corrected chi connectivity index (χ1v) is 8.56. The maximum atomic E-state index is 12.9. The number of pyridine rings is 1. The molecule has 2 heterocycles. The lowest BCUT2D eigenvalue weighted by Gasteiger charge is -2.37. The molecule has 1 aliphatic rings. The molecule has 3 rings (SSSR count). The first kappa shape index (κ1) is 17.6. The molecule has 26 heavy (non-hydrogen) atoms. The minimum absolute atomic E-state index is 0.0384. The number of rotatable bonds is 3. The SMILES string of the molecule is CC(C)[C@@H]1C(=O)NCCN1C(=O)c1ccc(-c2cc(C#N)ccn2)cc1. The number of aromatic nitrogens is 1. The fourth-order valence-corrected chi connectivity index (χ4v) is 3.18. The van der Waals surface area contributed by atoms with E-state index in [1.54, 1.807) is 35.4 Å². The molecule has 0 aliphatic carbocycles. The Kier molecular flexibility index (Phi) is 4.99. The van der Waals surface area contributed by atoms with Crippen molar-refractivity contribution in [1.29, 1.82) is 5.26 Å². The number of nitrogens with one attached hydrogen (secondary N) is 1. The largest absolute Gasteiger partial charge is 0.353 e. The molecule has 1 fully saturated rings. The molecule has 1 aromatic heterocycles. The number of nitrogens with zero attached hydrogens (tertiary/aromatic N) is 3. The molecule has 2 aromatic rings. The highest BCUT2D eigenvalue weighted by atomic mass is 16.2. The Morgan fingerprint density at radius 3 is 2.69 bits per heavy atom. The van der Waals surface area contributed by atoms with E-state index >= 15 is 0 Å². The van der Waals surface area contributed by atoms with Gasteiger partial charge in [-0.05, 0) is 30.2 Å². The van der Waals surface area contributed by atoms with Crippen molar-refractivity contribution in [3.05, 3.63) is 53.7 Å². The van der Waals surface area contributed by atoms with Gasteiger partial charge in [0, 0.05) is 30.4 Å². The molecular weight excluding hydrogens is 328 g/mol. The molecule has 6 nitrogen and oxygen atoms in total. The fraction of sp³-hybridized carbons (Fsp3) is 0.300. The van der Waals surface area contributed by atoms with Crippen LogP contribution in [0.4, 0.5) is 0 Å². The van der Waals surface area contributed by atoms with Crippen molar-refractivity contribution in [2.24, 2.45) is 5.92 Å². The summed E-state index contributed by atoms with van der Waals surface area (Å²) in [5, 5.41) is 11.8. The lowest BCUT2D eigenvalue weighted by atomic mass is 9.98. The zero-order chi connectivity index (χ0) is 18.7. The maximum Gasteiger partial charge on any atom is 0.254 e. The van der Waals surface area contributed by atoms with Crippen LogP contribution in [0.15, 0.2) is 42.6 Å². The summed E-state index contributed by atoms with van der Waals surface area (Å²) in [6, 6.07) is 12.1. The second-order valence-corrected chi connectivity index (χ2v) is 6.60. The molecule has 2 amide bonds. The van der Waals surface area contributed by atoms with Crippen LogP contribution in [0.2, 0.25) is 0 Å². The van der Waals surface area contributed by atoms with Crippen molar-refractivity contribution in [1.82, 2.24) is 15.2 Å². The molecule has 1 atom stereocenters. The summed E-state index contributed by atoms with van der Waals surface area (Å²) in [4.78, 5) is 31.0.